The Hall–Kier alpha value is -6.06. The highest BCUT2D eigenvalue weighted by Gasteiger charge is 2.54. The fourth-order valence-corrected chi connectivity index (χ4v) is 10.4. The zero-order chi connectivity index (χ0) is 49.2. The third kappa shape index (κ3) is 10.6. The van der Waals surface area contributed by atoms with E-state index in [1.807, 2.05) is 31.2 Å². The highest BCUT2D eigenvalue weighted by molar-refractivity contribution is 6.34. The lowest BCUT2D eigenvalue weighted by molar-refractivity contribution is -0.155. The number of esters is 1. The van der Waals surface area contributed by atoms with Gasteiger partial charge in [-0.2, -0.15) is 0 Å². The lowest BCUT2D eigenvalue weighted by Crippen LogP contribution is -2.50. The van der Waals surface area contributed by atoms with Crippen molar-refractivity contribution in [1.82, 2.24) is 20.4 Å². The van der Waals surface area contributed by atoms with Crippen LogP contribution in [0.5, 0.6) is 11.5 Å². The van der Waals surface area contributed by atoms with Gasteiger partial charge in [0.2, 0.25) is 11.7 Å². The number of carbonyl (C=O) groups excluding carboxylic acids is 5. The molecule has 2 amide bonds. The molecule has 15 heteroatoms. The SMILES string of the molecule is C/C1=C/C=C/C(C)CCC(O)C[C@H](OC(=O)CC(=O)N2CCC(c3ccccc3)CC2)CC/C=C/OC2(C)Oc3c(C)c(O)c4c(c3C2=O)C2=NC3(CCN(CC(C)C)CC3)NC2=C(NC1=O)C4=O. The molecule has 69 heavy (non-hydrogen) atoms. The number of carbonyl (C=O) groups is 5. The second-order valence-electron chi connectivity index (χ2n) is 20.2. The predicted octanol–water partition coefficient (Wildman–Crippen LogP) is 7.06. The van der Waals surface area contributed by atoms with Crippen molar-refractivity contribution >= 4 is 35.1 Å². The molecule has 5 bridgehead atoms. The number of ketones is 2. The number of benzene rings is 2. The number of amides is 2. The van der Waals surface area contributed by atoms with E-state index in [1.54, 1.807) is 37.0 Å². The number of nitrogens with zero attached hydrogens (tertiary/aromatic N) is 3. The molecule has 6 heterocycles. The lowest BCUT2D eigenvalue weighted by atomic mass is 9.82. The van der Waals surface area contributed by atoms with Gasteiger partial charge in [-0.05, 0) is 81.8 Å². The molecule has 2 saturated heterocycles. The fourth-order valence-electron chi connectivity index (χ4n) is 10.4. The number of ether oxygens (including phenoxy) is 3. The zero-order valence-electron chi connectivity index (χ0n) is 40.8. The monoisotopic (exact) mass is 945 g/mol. The van der Waals surface area contributed by atoms with Crippen LogP contribution in [-0.4, -0.2) is 111 Å². The van der Waals surface area contributed by atoms with Gasteiger partial charge in [-0.3, -0.25) is 29.0 Å². The van der Waals surface area contributed by atoms with E-state index in [4.69, 9.17) is 19.2 Å². The number of hydrogen-bond acceptors (Lipinski definition) is 13. The molecule has 6 aliphatic heterocycles. The van der Waals surface area contributed by atoms with E-state index in [2.05, 4.69) is 41.5 Å². The van der Waals surface area contributed by atoms with E-state index >= 15 is 0 Å². The van der Waals surface area contributed by atoms with Crippen LogP contribution in [0.2, 0.25) is 0 Å². The van der Waals surface area contributed by atoms with E-state index in [1.165, 1.54) is 18.7 Å². The maximum absolute atomic E-state index is 14.7. The zero-order valence-corrected chi connectivity index (χ0v) is 40.8. The summed E-state index contributed by atoms with van der Waals surface area (Å²) in [7, 11) is 0. The molecule has 4 atom stereocenters. The van der Waals surface area contributed by atoms with Gasteiger partial charge in [-0.1, -0.05) is 69.3 Å². The second-order valence-corrected chi connectivity index (χ2v) is 20.2. The minimum Gasteiger partial charge on any atom is -0.507 e. The van der Waals surface area contributed by atoms with Crippen LogP contribution in [0.1, 0.15) is 142 Å². The van der Waals surface area contributed by atoms with E-state index in [-0.39, 0.29) is 69.8 Å². The van der Waals surface area contributed by atoms with Crippen molar-refractivity contribution in [1.29, 1.82) is 0 Å². The fraction of sp³-hybridized carbons (Fsp3) is 0.519. The number of aromatic hydroxyl groups is 1. The Bertz CT molecular complexity index is 2510. The third-order valence-corrected chi connectivity index (χ3v) is 14.4. The second kappa shape index (κ2) is 20.5. The number of rotatable bonds is 6. The van der Waals surface area contributed by atoms with Crippen molar-refractivity contribution in [3.63, 3.8) is 0 Å². The van der Waals surface area contributed by atoms with E-state index in [0.29, 0.717) is 62.6 Å². The summed E-state index contributed by atoms with van der Waals surface area (Å²) in [5.41, 5.74) is 1.38. The Labute approximate surface area is 404 Å². The van der Waals surface area contributed by atoms with Gasteiger partial charge in [-0.15, -0.1) is 0 Å². The summed E-state index contributed by atoms with van der Waals surface area (Å²) in [6, 6.07) is 10.2. The van der Waals surface area contributed by atoms with Crippen LogP contribution < -0.4 is 15.4 Å². The van der Waals surface area contributed by atoms with Crippen LogP contribution >= 0.6 is 0 Å². The van der Waals surface area contributed by atoms with Crippen LogP contribution in [0, 0.1) is 18.8 Å². The Kier molecular flexibility index (Phi) is 14.7. The van der Waals surface area contributed by atoms with Crippen LogP contribution in [0.3, 0.4) is 0 Å². The van der Waals surface area contributed by atoms with Crippen molar-refractivity contribution in [2.24, 2.45) is 16.8 Å². The van der Waals surface area contributed by atoms with Crippen LogP contribution in [-0.2, 0) is 23.9 Å². The largest absolute Gasteiger partial charge is 0.507 e. The first kappa shape index (κ1) is 49.4. The number of likely N-dealkylation sites (tertiary alicyclic amines) is 2. The summed E-state index contributed by atoms with van der Waals surface area (Å²) in [6.45, 7) is 14.5. The molecule has 9 rings (SSSR count). The molecule has 2 aromatic carbocycles. The van der Waals surface area contributed by atoms with Crippen LogP contribution in [0.15, 0.2) is 82.9 Å². The van der Waals surface area contributed by atoms with Gasteiger partial charge in [0, 0.05) is 75.6 Å². The first-order valence-corrected chi connectivity index (χ1v) is 24.7. The van der Waals surface area contributed by atoms with E-state index in [9.17, 15) is 34.2 Å². The average molecular weight is 946 g/mol. The van der Waals surface area contributed by atoms with Gasteiger partial charge in [0.15, 0.2) is 0 Å². The number of aliphatic imine (C=N–C) groups is 1. The predicted molar refractivity (Wildman–Crippen MR) is 259 cm³/mol. The summed E-state index contributed by atoms with van der Waals surface area (Å²) < 4.78 is 18.3. The highest BCUT2D eigenvalue weighted by Crippen LogP contribution is 2.50. The number of fused-ring (bicyclic) bond motifs is 13. The summed E-state index contributed by atoms with van der Waals surface area (Å²) in [5.74, 6) is -4.16. The number of aliphatic hydroxyl groups excluding tert-OH is 1. The molecular weight excluding hydrogens is 879 g/mol. The number of piperidine rings is 2. The van der Waals surface area contributed by atoms with Gasteiger partial charge in [0.05, 0.1) is 34.9 Å². The summed E-state index contributed by atoms with van der Waals surface area (Å²) in [4.78, 5) is 79.3. The molecule has 3 unspecified atom stereocenters. The molecule has 15 nitrogen and oxygen atoms in total. The minimum absolute atomic E-state index is 0.00650. The normalized spacial score (nSPS) is 27.4. The quantitative estimate of drug-likeness (QED) is 0.170. The molecule has 0 saturated carbocycles. The molecule has 1 spiro atoms. The van der Waals surface area contributed by atoms with Crippen LogP contribution in [0.4, 0.5) is 0 Å². The number of hydrogen-bond donors (Lipinski definition) is 4. The molecule has 4 N–H and O–H groups in total. The number of nitrogens with one attached hydrogen (secondary N) is 2. The number of allylic oxidation sites excluding steroid dienone is 6. The first-order valence-electron chi connectivity index (χ1n) is 24.7. The lowest BCUT2D eigenvalue weighted by Gasteiger charge is -2.38. The number of aliphatic hydroxyl groups is 1. The van der Waals surface area contributed by atoms with E-state index < -0.39 is 59.3 Å². The third-order valence-electron chi connectivity index (χ3n) is 14.4. The van der Waals surface area contributed by atoms with Crippen molar-refractivity contribution in [3.8, 4) is 11.5 Å². The molecule has 2 aromatic rings. The Morgan fingerprint density at radius 1 is 0.957 bits per heavy atom. The molecule has 2 fully saturated rings. The molecule has 368 valence electrons. The Balaban J connectivity index is 1.05. The molecular formula is C54H67N5O10. The van der Waals surface area contributed by atoms with Crippen molar-refractivity contribution in [2.75, 3.05) is 32.7 Å². The average Bonchev–Trinajstić information content (AvgIpc) is 3.82. The maximum Gasteiger partial charge on any atom is 0.315 e. The highest BCUT2D eigenvalue weighted by atomic mass is 16.7. The summed E-state index contributed by atoms with van der Waals surface area (Å²) in [5, 5.41) is 29.4. The van der Waals surface area contributed by atoms with Crippen molar-refractivity contribution < 1.29 is 48.4 Å². The maximum atomic E-state index is 14.7. The van der Waals surface area contributed by atoms with Crippen molar-refractivity contribution in [2.45, 2.75) is 135 Å². The topological polar surface area (TPSA) is 196 Å². The smallest absolute Gasteiger partial charge is 0.315 e. The number of Topliss-reactive ketones (excluding diaryl/α,β-unsaturated/α-hetero) is 2. The van der Waals surface area contributed by atoms with Gasteiger partial charge in [0.25, 0.3) is 11.7 Å². The molecule has 0 aromatic heterocycles. The van der Waals surface area contributed by atoms with Crippen molar-refractivity contribution in [3.05, 3.63) is 106 Å². The van der Waals surface area contributed by atoms with Crippen LogP contribution in [0.25, 0.3) is 0 Å². The number of phenolic OH excluding ortho intramolecular Hbond substituents is 1. The summed E-state index contributed by atoms with van der Waals surface area (Å²) in [6.07, 6.45) is 10.9. The molecule has 1 aliphatic carbocycles. The minimum atomic E-state index is -1.91. The molecule has 7 aliphatic rings. The summed E-state index contributed by atoms with van der Waals surface area (Å²) >= 11 is 0. The van der Waals surface area contributed by atoms with Gasteiger partial charge in [-0.25, -0.2) is 0 Å². The van der Waals surface area contributed by atoms with Gasteiger partial charge >= 0.3 is 11.8 Å². The Morgan fingerprint density at radius 3 is 2.39 bits per heavy atom. The van der Waals surface area contributed by atoms with Gasteiger partial charge < -0.3 is 44.9 Å². The van der Waals surface area contributed by atoms with Gasteiger partial charge in [0.1, 0.15) is 35.4 Å². The number of phenols is 1. The first-order chi connectivity index (χ1) is 33.0. The van der Waals surface area contributed by atoms with E-state index in [0.717, 1.165) is 32.5 Å². The Morgan fingerprint density at radius 2 is 1.68 bits per heavy atom. The molecule has 0 radical (unpaired) electrons. The standard InChI is InChI=1S/C54H67N5O10/c1-32(2)31-58-26-22-54(23-27-58)56-45-42-43-48(63)35(5)50-44(42)51(65)53(6,69-50)67-28-11-10-17-39(68-41(62)30-40(61)59-24-20-37(21-25-59)36-15-8-7-9-16-36)29-38(60)19-18-33(3)13-12-14-34(4)52(66)55-47(49(43)64)46(45)57-54/h7-9,11-16,28,32-33,37-39,57,60,63H,10,17-27,29-31H2,1-6H3,(H,55,66)/b13-12+,28-11+,34-14-/t33?,38?,39-,53?/m1/s1.